The molecule has 4 nitrogen and oxygen atoms in total. The van der Waals surface area contributed by atoms with E-state index in [0.29, 0.717) is 6.42 Å². The molecule has 0 aromatic rings. The fourth-order valence-electron chi connectivity index (χ4n) is 1.63. The van der Waals surface area contributed by atoms with Crippen LogP contribution in [0, 0.1) is 0 Å². The van der Waals surface area contributed by atoms with E-state index in [1.54, 1.807) is 0 Å². The van der Waals surface area contributed by atoms with Crippen LogP contribution in [0.2, 0.25) is 0 Å². The van der Waals surface area contributed by atoms with E-state index < -0.39 is 5.97 Å². The highest BCUT2D eigenvalue weighted by molar-refractivity contribution is 5.69. The van der Waals surface area contributed by atoms with E-state index in [0.717, 1.165) is 26.2 Å². The van der Waals surface area contributed by atoms with Crippen molar-refractivity contribution < 1.29 is 19.4 Å². The minimum absolute atomic E-state index is 0.00981. The number of carbonyl (C=O) groups is 2. The van der Waals surface area contributed by atoms with Crippen molar-refractivity contribution in [1.29, 1.82) is 0 Å². The molecule has 0 heterocycles. The quantitative estimate of drug-likeness (QED) is 0.757. The molecule has 0 spiro atoms. The number of hydrogen-bond donors (Lipinski definition) is 1. The van der Waals surface area contributed by atoms with Gasteiger partial charge in [-0.3, -0.25) is 9.59 Å². The summed E-state index contributed by atoms with van der Waals surface area (Å²) >= 11 is 0. The molecule has 1 aliphatic carbocycles. The third-order valence-electron chi connectivity index (χ3n) is 2.30. The van der Waals surface area contributed by atoms with Crippen LogP contribution in [0.25, 0.3) is 0 Å². The molecule has 0 amide bonds. The summed E-state index contributed by atoms with van der Waals surface area (Å²) in [6, 6.07) is 0. The van der Waals surface area contributed by atoms with Crippen LogP contribution >= 0.6 is 0 Å². The van der Waals surface area contributed by atoms with Crippen LogP contribution in [-0.4, -0.2) is 23.1 Å². The highest BCUT2D eigenvalue weighted by atomic mass is 16.5. The molecule has 0 unspecified atom stereocenters. The summed E-state index contributed by atoms with van der Waals surface area (Å²) in [5.74, 6) is -0.843. The molecule has 0 atom stereocenters. The molecule has 0 aromatic carbocycles. The molecule has 16 heavy (non-hydrogen) atoms. The second-order valence-corrected chi connectivity index (χ2v) is 4.02. The Labute approximate surface area is 97.0 Å². The number of carboxylic acids is 1. The Morgan fingerprint density at radius 1 is 1.25 bits per heavy atom. The Bertz CT molecular complexity index is 203. The van der Waals surface area contributed by atoms with Crippen molar-refractivity contribution in [3.63, 3.8) is 0 Å². The molecule has 1 aliphatic rings. The molecule has 0 aromatic heterocycles. The molecule has 0 saturated heterocycles. The Morgan fingerprint density at radius 3 is 2.19 bits per heavy atom. The summed E-state index contributed by atoms with van der Waals surface area (Å²) in [6.07, 6.45) is 7.63. The van der Waals surface area contributed by atoms with Crippen molar-refractivity contribution in [3.8, 4) is 0 Å². The van der Waals surface area contributed by atoms with Gasteiger partial charge in [-0.05, 0) is 32.1 Å². The lowest BCUT2D eigenvalue weighted by atomic mass is 9.98. The van der Waals surface area contributed by atoms with Gasteiger partial charge < -0.3 is 9.84 Å². The number of aliphatic carboxylic acids is 1. The van der Waals surface area contributed by atoms with E-state index in [9.17, 15) is 4.79 Å². The van der Waals surface area contributed by atoms with E-state index in [1.165, 1.54) is 19.3 Å². The lowest BCUT2D eigenvalue weighted by Gasteiger charge is -2.21. The van der Waals surface area contributed by atoms with Gasteiger partial charge in [0.05, 0.1) is 0 Å². The van der Waals surface area contributed by atoms with Crippen molar-refractivity contribution >= 4 is 11.9 Å². The van der Waals surface area contributed by atoms with Crippen LogP contribution in [-0.2, 0) is 14.3 Å². The summed E-state index contributed by atoms with van der Waals surface area (Å²) in [6.45, 7) is 3.09. The van der Waals surface area contributed by atoms with Gasteiger partial charge >= 0.3 is 5.97 Å². The normalized spacial score (nSPS) is 15.9. The van der Waals surface area contributed by atoms with Gasteiger partial charge in [0.2, 0.25) is 0 Å². The number of hydrogen-bond acceptors (Lipinski definition) is 3. The molecule has 1 saturated carbocycles. The van der Waals surface area contributed by atoms with Gasteiger partial charge in [0, 0.05) is 13.3 Å². The molecular formula is C12H22O4. The molecular weight excluding hydrogens is 208 g/mol. The van der Waals surface area contributed by atoms with Gasteiger partial charge in [-0.1, -0.05) is 13.3 Å². The van der Waals surface area contributed by atoms with E-state index >= 15 is 0 Å². The molecule has 0 radical (unpaired) electrons. The van der Waals surface area contributed by atoms with Gasteiger partial charge in [0.15, 0.2) is 0 Å². The van der Waals surface area contributed by atoms with Crippen molar-refractivity contribution in [3.05, 3.63) is 0 Å². The topological polar surface area (TPSA) is 63.6 Å². The monoisotopic (exact) mass is 230 g/mol. The van der Waals surface area contributed by atoms with Crippen molar-refractivity contribution in [2.24, 2.45) is 0 Å². The highest BCUT2D eigenvalue weighted by Gasteiger charge is 2.16. The van der Waals surface area contributed by atoms with Crippen LogP contribution in [0.5, 0.6) is 0 Å². The zero-order valence-electron chi connectivity index (χ0n) is 10.2. The minimum Gasteiger partial charge on any atom is -0.481 e. The lowest BCUT2D eigenvalue weighted by molar-refractivity contribution is -0.150. The van der Waals surface area contributed by atoms with Crippen LogP contribution in [0.1, 0.15) is 58.8 Å². The SMILES string of the molecule is CC(=O)O.CCCC(=O)OC1CCCCC1. The van der Waals surface area contributed by atoms with Crippen molar-refractivity contribution in [1.82, 2.24) is 0 Å². The van der Waals surface area contributed by atoms with Crippen molar-refractivity contribution in [2.45, 2.75) is 64.9 Å². The molecule has 0 aliphatic heterocycles. The summed E-state index contributed by atoms with van der Waals surface area (Å²) in [4.78, 5) is 20.1. The van der Waals surface area contributed by atoms with Crippen molar-refractivity contribution in [2.75, 3.05) is 0 Å². The van der Waals surface area contributed by atoms with E-state index in [1.807, 2.05) is 6.92 Å². The largest absolute Gasteiger partial charge is 0.481 e. The summed E-state index contributed by atoms with van der Waals surface area (Å²) in [5.41, 5.74) is 0. The second kappa shape index (κ2) is 9.19. The average Bonchev–Trinajstić information content (AvgIpc) is 2.18. The first-order valence-electron chi connectivity index (χ1n) is 5.95. The molecule has 1 N–H and O–H groups in total. The van der Waals surface area contributed by atoms with E-state index in [2.05, 4.69) is 0 Å². The van der Waals surface area contributed by atoms with Crippen LogP contribution in [0.3, 0.4) is 0 Å². The standard InChI is InChI=1S/C10H18O2.C2H4O2/c1-2-6-10(11)12-9-7-4-3-5-8-9;1-2(3)4/h9H,2-8H2,1H3;1H3,(H,3,4). The molecule has 94 valence electrons. The first kappa shape index (κ1) is 14.9. The number of rotatable bonds is 3. The van der Waals surface area contributed by atoms with Gasteiger partial charge in [0.1, 0.15) is 6.10 Å². The van der Waals surface area contributed by atoms with Crippen LogP contribution in [0.15, 0.2) is 0 Å². The van der Waals surface area contributed by atoms with Gasteiger partial charge in [0.25, 0.3) is 5.97 Å². The lowest BCUT2D eigenvalue weighted by Crippen LogP contribution is -2.20. The third-order valence-corrected chi connectivity index (χ3v) is 2.30. The highest BCUT2D eigenvalue weighted by Crippen LogP contribution is 2.20. The zero-order valence-corrected chi connectivity index (χ0v) is 10.2. The number of esters is 1. The summed E-state index contributed by atoms with van der Waals surface area (Å²) < 4.78 is 5.29. The van der Waals surface area contributed by atoms with Gasteiger partial charge in [-0.25, -0.2) is 0 Å². The first-order chi connectivity index (χ1) is 7.56. The third kappa shape index (κ3) is 9.49. The van der Waals surface area contributed by atoms with Crippen LogP contribution in [0.4, 0.5) is 0 Å². The Kier molecular flexibility index (Phi) is 8.58. The maximum Gasteiger partial charge on any atom is 0.306 e. The molecule has 4 heteroatoms. The first-order valence-corrected chi connectivity index (χ1v) is 5.95. The molecule has 1 rings (SSSR count). The van der Waals surface area contributed by atoms with E-state index in [4.69, 9.17) is 14.6 Å². The maximum absolute atomic E-state index is 11.1. The Balaban J connectivity index is 0.000000487. The fraction of sp³-hybridized carbons (Fsp3) is 0.833. The van der Waals surface area contributed by atoms with Crippen LogP contribution < -0.4 is 0 Å². The number of ether oxygens (including phenoxy) is 1. The second-order valence-electron chi connectivity index (χ2n) is 4.02. The Morgan fingerprint density at radius 2 is 1.75 bits per heavy atom. The summed E-state index contributed by atoms with van der Waals surface area (Å²) in [5, 5.41) is 7.42. The maximum atomic E-state index is 11.1. The number of carboxylic acid groups (broad SMARTS) is 1. The fourth-order valence-corrected chi connectivity index (χ4v) is 1.63. The Hall–Kier alpha value is -1.06. The van der Waals surface area contributed by atoms with Gasteiger partial charge in [-0.2, -0.15) is 0 Å². The predicted molar refractivity (Wildman–Crippen MR) is 61.2 cm³/mol. The molecule has 1 fully saturated rings. The smallest absolute Gasteiger partial charge is 0.306 e. The van der Waals surface area contributed by atoms with Gasteiger partial charge in [-0.15, -0.1) is 0 Å². The molecule has 0 bridgehead atoms. The zero-order chi connectivity index (χ0) is 12.4. The predicted octanol–water partition coefficient (Wildman–Crippen LogP) is 2.75. The average molecular weight is 230 g/mol. The number of carbonyl (C=O) groups excluding carboxylic acids is 1. The summed E-state index contributed by atoms with van der Waals surface area (Å²) in [7, 11) is 0. The van der Waals surface area contributed by atoms with E-state index in [-0.39, 0.29) is 12.1 Å². The minimum atomic E-state index is -0.833.